The average molecular weight is 249 g/mol. The van der Waals surface area contributed by atoms with E-state index in [0.29, 0.717) is 12.6 Å². The lowest BCUT2D eigenvalue weighted by Gasteiger charge is -2.33. The van der Waals surface area contributed by atoms with Crippen molar-refractivity contribution in [3.05, 3.63) is 18.5 Å². The van der Waals surface area contributed by atoms with Gasteiger partial charge in [-0.05, 0) is 31.7 Å². The van der Waals surface area contributed by atoms with Crippen LogP contribution in [-0.4, -0.2) is 35.1 Å². The Labute approximate surface area is 107 Å². The quantitative estimate of drug-likeness (QED) is 0.761. The molecule has 0 aromatic carbocycles. The molecular weight excluding hydrogens is 230 g/mol. The Kier molecular flexibility index (Phi) is 4.50. The topological polar surface area (TPSA) is 55.3 Å². The molecule has 1 aliphatic heterocycles. The number of ether oxygens (including phenoxy) is 1. The molecule has 1 aliphatic rings. The zero-order valence-corrected chi connectivity index (χ0v) is 10.7. The van der Waals surface area contributed by atoms with Crippen LogP contribution in [0.3, 0.4) is 0 Å². The van der Waals surface area contributed by atoms with Crippen molar-refractivity contribution in [2.75, 3.05) is 18.1 Å². The van der Waals surface area contributed by atoms with Gasteiger partial charge in [0.1, 0.15) is 6.04 Å². The second-order valence-corrected chi connectivity index (χ2v) is 4.42. The SMILES string of the molecule is CCCOC(=O)[C@H]1CCCCN1c1ncccn1. The molecule has 1 saturated heterocycles. The molecule has 98 valence electrons. The van der Waals surface area contributed by atoms with E-state index in [-0.39, 0.29) is 12.0 Å². The summed E-state index contributed by atoms with van der Waals surface area (Å²) in [5, 5.41) is 0. The van der Waals surface area contributed by atoms with Gasteiger partial charge in [0.15, 0.2) is 0 Å². The monoisotopic (exact) mass is 249 g/mol. The van der Waals surface area contributed by atoms with Crippen molar-refractivity contribution in [3.8, 4) is 0 Å². The lowest BCUT2D eigenvalue weighted by atomic mass is 10.0. The molecule has 1 fully saturated rings. The van der Waals surface area contributed by atoms with Gasteiger partial charge in [0.05, 0.1) is 6.61 Å². The number of hydrogen-bond acceptors (Lipinski definition) is 5. The summed E-state index contributed by atoms with van der Waals surface area (Å²) in [6.45, 7) is 3.29. The van der Waals surface area contributed by atoms with Crippen LogP contribution in [0.25, 0.3) is 0 Å². The minimum absolute atomic E-state index is 0.149. The van der Waals surface area contributed by atoms with E-state index in [4.69, 9.17) is 4.74 Å². The first-order chi connectivity index (χ1) is 8.83. The van der Waals surface area contributed by atoms with Crippen LogP contribution < -0.4 is 4.90 Å². The third-order valence-electron chi connectivity index (χ3n) is 3.03. The summed E-state index contributed by atoms with van der Waals surface area (Å²) >= 11 is 0. The summed E-state index contributed by atoms with van der Waals surface area (Å²) in [4.78, 5) is 22.4. The lowest BCUT2D eigenvalue weighted by molar-refractivity contribution is -0.145. The van der Waals surface area contributed by atoms with Crippen LogP contribution >= 0.6 is 0 Å². The van der Waals surface area contributed by atoms with Gasteiger partial charge in [0.2, 0.25) is 5.95 Å². The van der Waals surface area contributed by atoms with Gasteiger partial charge in [0.25, 0.3) is 0 Å². The number of anilines is 1. The summed E-state index contributed by atoms with van der Waals surface area (Å²) < 4.78 is 5.25. The van der Waals surface area contributed by atoms with Crippen LogP contribution in [0.15, 0.2) is 18.5 Å². The highest BCUT2D eigenvalue weighted by Crippen LogP contribution is 2.22. The van der Waals surface area contributed by atoms with E-state index in [1.807, 2.05) is 11.8 Å². The smallest absolute Gasteiger partial charge is 0.328 e. The Balaban J connectivity index is 2.09. The lowest BCUT2D eigenvalue weighted by Crippen LogP contribution is -2.46. The minimum atomic E-state index is -0.229. The van der Waals surface area contributed by atoms with Crippen molar-refractivity contribution < 1.29 is 9.53 Å². The summed E-state index contributed by atoms with van der Waals surface area (Å²) in [6, 6.07) is 1.55. The molecular formula is C13H19N3O2. The molecule has 0 N–H and O–H groups in total. The second kappa shape index (κ2) is 6.33. The maximum absolute atomic E-state index is 12.0. The average Bonchev–Trinajstić information content (AvgIpc) is 2.45. The molecule has 1 aromatic heterocycles. The summed E-state index contributed by atoms with van der Waals surface area (Å²) in [7, 11) is 0. The molecule has 2 heterocycles. The molecule has 0 unspecified atom stereocenters. The molecule has 0 spiro atoms. The maximum atomic E-state index is 12.0. The van der Waals surface area contributed by atoms with E-state index < -0.39 is 0 Å². The third-order valence-corrected chi connectivity index (χ3v) is 3.03. The van der Waals surface area contributed by atoms with Crippen LogP contribution in [-0.2, 0) is 9.53 Å². The van der Waals surface area contributed by atoms with Crippen LogP contribution in [0.4, 0.5) is 5.95 Å². The number of piperidine rings is 1. The normalized spacial score (nSPS) is 19.6. The first-order valence-corrected chi connectivity index (χ1v) is 6.53. The van der Waals surface area contributed by atoms with Gasteiger partial charge < -0.3 is 9.64 Å². The molecule has 0 radical (unpaired) electrons. The van der Waals surface area contributed by atoms with Gasteiger partial charge in [-0.1, -0.05) is 6.92 Å². The largest absolute Gasteiger partial charge is 0.464 e. The van der Waals surface area contributed by atoms with Gasteiger partial charge in [-0.3, -0.25) is 0 Å². The van der Waals surface area contributed by atoms with E-state index in [2.05, 4.69) is 9.97 Å². The number of hydrogen-bond donors (Lipinski definition) is 0. The zero-order valence-electron chi connectivity index (χ0n) is 10.7. The van der Waals surface area contributed by atoms with Gasteiger partial charge in [-0.25, -0.2) is 14.8 Å². The molecule has 5 heteroatoms. The number of nitrogens with zero attached hydrogens (tertiary/aromatic N) is 3. The number of rotatable bonds is 4. The fraction of sp³-hybridized carbons (Fsp3) is 0.615. The number of aromatic nitrogens is 2. The van der Waals surface area contributed by atoms with E-state index in [9.17, 15) is 4.79 Å². The maximum Gasteiger partial charge on any atom is 0.328 e. The molecule has 1 aromatic rings. The first kappa shape index (κ1) is 12.8. The van der Waals surface area contributed by atoms with Crippen molar-refractivity contribution in [2.45, 2.75) is 38.6 Å². The van der Waals surface area contributed by atoms with Gasteiger partial charge in [-0.2, -0.15) is 0 Å². The highest BCUT2D eigenvalue weighted by atomic mass is 16.5. The highest BCUT2D eigenvalue weighted by molar-refractivity contribution is 5.79. The third kappa shape index (κ3) is 2.97. The molecule has 0 bridgehead atoms. The van der Waals surface area contributed by atoms with Crippen LogP contribution in [0.1, 0.15) is 32.6 Å². The molecule has 1 atom stereocenters. The number of esters is 1. The van der Waals surface area contributed by atoms with Crippen LogP contribution in [0.5, 0.6) is 0 Å². The van der Waals surface area contributed by atoms with Gasteiger partial charge in [-0.15, -0.1) is 0 Å². The molecule has 0 aliphatic carbocycles. The standard InChI is InChI=1S/C13H19N3O2/c1-2-10-18-12(17)11-6-3-4-9-16(11)13-14-7-5-8-15-13/h5,7-8,11H,2-4,6,9-10H2,1H3/t11-/m1/s1. The van der Waals surface area contributed by atoms with Gasteiger partial charge in [0, 0.05) is 18.9 Å². The Hall–Kier alpha value is -1.65. The Bertz CT molecular complexity index is 383. The van der Waals surface area contributed by atoms with Crippen molar-refractivity contribution >= 4 is 11.9 Å². The Morgan fingerprint density at radius 1 is 1.44 bits per heavy atom. The van der Waals surface area contributed by atoms with Crippen molar-refractivity contribution in [1.82, 2.24) is 9.97 Å². The van der Waals surface area contributed by atoms with Crippen molar-refractivity contribution in [3.63, 3.8) is 0 Å². The van der Waals surface area contributed by atoms with Crippen molar-refractivity contribution in [2.24, 2.45) is 0 Å². The zero-order chi connectivity index (χ0) is 12.8. The van der Waals surface area contributed by atoms with E-state index in [1.54, 1.807) is 18.5 Å². The Morgan fingerprint density at radius 3 is 2.94 bits per heavy atom. The molecule has 2 rings (SSSR count). The summed E-state index contributed by atoms with van der Waals surface area (Å²) in [5.74, 6) is 0.472. The molecule has 0 saturated carbocycles. The van der Waals surface area contributed by atoms with E-state index >= 15 is 0 Å². The molecule has 18 heavy (non-hydrogen) atoms. The highest BCUT2D eigenvalue weighted by Gasteiger charge is 2.31. The van der Waals surface area contributed by atoms with Crippen LogP contribution in [0.2, 0.25) is 0 Å². The number of carbonyl (C=O) groups is 1. The first-order valence-electron chi connectivity index (χ1n) is 6.53. The fourth-order valence-electron chi connectivity index (χ4n) is 2.15. The predicted molar refractivity (Wildman–Crippen MR) is 68.3 cm³/mol. The molecule has 5 nitrogen and oxygen atoms in total. The Morgan fingerprint density at radius 2 is 2.22 bits per heavy atom. The van der Waals surface area contributed by atoms with E-state index in [0.717, 1.165) is 32.2 Å². The fourth-order valence-corrected chi connectivity index (χ4v) is 2.15. The minimum Gasteiger partial charge on any atom is -0.464 e. The molecule has 0 amide bonds. The number of carbonyl (C=O) groups excluding carboxylic acids is 1. The van der Waals surface area contributed by atoms with Crippen LogP contribution in [0, 0.1) is 0 Å². The van der Waals surface area contributed by atoms with Crippen molar-refractivity contribution in [1.29, 1.82) is 0 Å². The summed E-state index contributed by atoms with van der Waals surface area (Å²) in [5.41, 5.74) is 0. The predicted octanol–water partition coefficient (Wildman–Crippen LogP) is 1.79. The summed E-state index contributed by atoms with van der Waals surface area (Å²) in [6.07, 6.45) is 7.18. The van der Waals surface area contributed by atoms with E-state index in [1.165, 1.54) is 0 Å². The van der Waals surface area contributed by atoms with Gasteiger partial charge >= 0.3 is 5.97 Å². The second-order valence-electron chi connectivity index (χ2n) is 4.42.